The number of hydrogen-bond acceptors (Lipinski definition) is 7. The van der Waals surface area contributed by atoms with Crippen LogP contribution in [0.4, 0.5) is 0 Å². The molecule has 0 spiro atoms. The minimum absolute atomic E-state index is 0.135. The van der Waals surface area contributed by atoms with E-state index in [4.69, 9.17) is 23.7 Å². The summed E-state index contributed by atoms with van der Waals surface area (Å²) in [4.78, 5) is 0. The van der Waals surface area contributed by atoms with Gasteiger partial charge in [-0.1, -0.05) is 0 Å². The monoisotopic (exact) mass is 370 g/mol. The van der Waals surface area contributed by atoms with Crippen molar-refractivity contribution in [3.63, 3.8) is 0 Å². The van der Waals surface area contributed by atoms with Gasteiger partial charge in [-0.15, -0.1) is 0 Å². The maximum atomic E-state index is 9.71. The van der Waals surface area contributed by atoms with Crippen LogP contribution in [0.2, 0.25) is 0 Å². The Labute approximate surface area is 153 Å². The number of aliphatic hydroxyl groups is 2. The van der Waals surface area contributed by atoms with Crippen molar-refractivity contribution in [2.45, 2.75) is 101 Å². The van der Waals surface area contributed by atoms with Gasteiger partial charge < -0.3 is 33.9 Å². The van der Waals surface area contributed by atoms with Crippen LogP contribution in [0, 0.1) is 11.8 Å². The summed E-state index contributed by atoms with van der Waals surface area (Å²) in [6.07, 6.45) is 5.28. The lowest BCUT2D eigenvalue weighted by Crippen LogP contribution is -2.49. The smallest absolute Gasteiger partial charge is 0.190 e. The van der Waals surface area contributed by atoms with Gasteiger partial charge in [0, 0.05) is 11.8 Å². The minimum Gasteiger partial charge on any atom is -0.393 e. The molecule has 0 aromatic carbocycles. The van der Waals surface area contributed by atoms with Crippen LogP contribution in [0.25, 0.3) is 0 Å². The van der Waals surface area contributed by atoms with Gasteiger partial charge in [0.25, 0.3) is 0 Å². The Bertz CT molecular complexity index is 486. The zero-order chi connectivity index (χ0) is 17.7. The van der Waals surface area contributed by atoms with Crippen molar-refractivity contribution in [2.24, 2.45) is 11.8 Å². The van der Waals surface area contributed by atoms with E-state index in [0.717, 1.165) is 51.4 Å². The minimum atomic E-state index is -0.377. The van der Waals surface area contributed by atoms with Crippen LogP contribution >= 0.6 is 0 Å². The molecule has 5 fully saturated rings. The van der Waals surface area contributed by atoms with E-state index < -0.39 is 0 Å². The van der Waals surface area contributed by atoms with Gasteiger partial charge in [-0.3, -0.25) is 0 Å². The molecule has 0 bridgehead atoms. The van der Waals surface area contributed by atoms with E-state index in [1.54, 1.807) is 0 Å². The Kier molecular flexibility index (Phi) is 4.98. The summed E-state index contributed by atoms with van der Waals surface area (Å²) in [6.45, 7) is 0.508. The Morgan fingerprint density at radius 2 is 1.12 bits per heavy atom. The second-order valence-electron chi connectivity index (χ2n) is 8.59. The molecule has 6 atom stereocenters. The molecule has 2 N–H and O–H groups in total. The van der Waals surface area contributed by atoms with Gasteiger partial charge >= 0.3 is 0 Å². The molecule has 26 heavy (non-hydrogen) atoms. The summed E-state index contributed by atoms with van der Waals surface area (Å²) in [5.41, 5.74) is 0. The quantitative estimate of drug-likeness (QED) is 0.758. The summed E-state index contributed by atoms with van der Waals surface area (Å²) in [5, 5.41) is 19.4. The van der Waals surface area contributed by atoms with Gasteiger partial charge in [-0.25, -0.2) is 0 Å². The SMILES string of the molecule is OC1CCC(C2OCC3OC4OC(C5CCC(O)CC5)OC4C3O2)CC1. The summed E-state index contributed by atoms with van der Waals surface area (Å²) in [7, 11) is 0. The molecule has 2 saturated carbocycles. The summed E-state index contributed by atoms with van der Waals surface area (Å²) in [5.74, 6) is 0.651. The van der Waals surface area contributed by atoms with E-state index in [-0.39, 0.29) is 49.4 Å². The van der Waals surface area contributed by atoms with E-state index in [9.17, 15) is 10.2 Å². The molecule has 3 saturated heterocycles. The third-order valence-corrected chi connectivity index (χ3v) is 6.80. The Balaban J connectivity index is 1.19. The molecule has 0 amide bonds. The van der Waals surface area contributed by atoms with Crippen molar-refractivity contribution < 1.29 is 33.9 Å². The highest BCUT2D eigenvalue weighted by Crippen LogP contribution is 2.43. The van der Waals surface area contributed by atoms with Crippen LogP contribution in [0.15, 0.2) is 0 Å². The molecule has 7 nitrogen and oxygen atoms in total. The summed E-state index contributed by atoms with van der Waals surface area (Å²) >= 11 is 0. The first-order valence-electron chi connectivity index (χ1n) is 10.3. The first-order valence-corrected chi connectivity index (χ1v) is 10.3. The summed E-state index contributed by atoms with van der Waals surface area (Å²) in [6, 6.07) is 0. The standard InChI is InChI=1S/C19H30O7/c20-12-5-1-10(2-6-12)17-22-9-14-15(24-17)16-19(23-14)26-18(25-16)11-3-7-13(21)8-4-11/h10-21H,1-9H2. The third kappa shape index (κ3) is 3.32. The first kappa shape index (κ1) is 17.8. The second-order valence-corrected chi connectivity index (χ2v) is 8.59. The average molecular weight is 370 g/mol. The zero-order valence-electron chi connectivity index (χ0n) is 15.1. The molecule has 0 aromatic heterocycles. The number of rotatable bonds is 2. The zero-order valence-corrected chi connectivity index (χ0v) is 15.1. The van der Waals surface area contributed by atoms with Crippen LogP contribution in [0.1, 0.15) is 51.4 Å². The van der Waals surface area contributed by atoms with Crippen LogP contribution in [-0.2, 0) is 23.7 Å². The van der Waals surface area contributed by atoms with Crippen molar-refractivity contribution in [1.29, 1.82) is 0 Å². The Morgan fingerprint density at radius 1 is 0.538 bits per heavy atom. The van der Waals surface area contributed by atoms with E-state index in [1.165, 1.54) is 0 Å². The molecule has 5 aliphatic rings. The molecular formula is C19H30O7. The van der Waals surface area contributed by atoms with Crippen molar-refractivity contribution in [3.8, 4) is 0 Å². The highest BCUT2D eigenvalue weighted by atomic mass is 16.8. The normalized spacial score (nSPS) is 54.7. The van der Waals surface area contributed by atoms with E-state index in [2.05, 4.69) is 0 Å². The number of aliphatic hydroxyl groups excluding tert-OH is 2. The fourth-order valence-corrected chi connectivity index (χ4v) is 5.16. The molecule has 3 heterocycles. The fourth-order valence-electron chi connectivity index (χ4n) is 5.16. The predicted molar refractivity (Wildman–Crippen MR) is 88.9 cm³/mol. The molecule has 5 rings (SSSR count). The van der Waals surface area contributed by atoms with Gasteiger partial charge in [0.05, 0.1) is 18.8 Å². The number of ether oxygens (including phenoxy) is 5. The Hall–Kier alpha value is -0.280. The van der Waals surface area contributed by atoms with Crippen molar-refractivity contribution >= 4 is 0 Å². The van der Waals surface area contributed by atoms with Crippen molar-refractivity contribution in [1.82, 2.24) is 0 Å². The van der Waals surface area contributed by atoms with Gasteiger partial charge in [-0.2, -0.15) is 0 Å². The molecule has 148 valence electrons. The molecule has 6 unspecified atom stereocenters. The van der Waals surface area contributed by atoms with Gasteiger partial charge in [0.15, 0.2) is 18.9 Å². The van der Waals surface area contributed by atoms with Crippen LogP contribution in [-0.4, -0.2) is 66.2 Å². The maximum absolute atomic E-state index is 9.71. The maximum Gasteiger partial charge on any atom is 0.190 e. The molecule has 0 radical (unpaired) electrons. The number of hydrogen-bond donors (Lipinski definition) is 2. The largest absolute Gasteiger partial charge is 0.393 e. The summed E-state index contributed by atoms with van der Waals surface area (Å²) < 4.78 is 30.5. The lowest BCUT2D eigenvalue weighted by Gasteiger charge is -2.39. The van der Waals surface area contributed by atoms with Crippen LogP contribution in [0.3, 0.4) is 0 Å². The first-order chi connectivity index (χ1) is 12.7. The van der Waals surface area contributed by atoms with Crippen molar-refractivity contribution in [3.05, 3.63) is 0 Å². The average Bonchev–Trinajstić information content (AvgIpc) is 3.20. The van der Waals surface area contributed by atoms with E-state index in [0.29, 0.717) is 18.4 Å². The highest BCUT2D eigenvalue weighted by Gasteiger charge is 2.57. The predicted octanol–water partition coefficient (Wildman–Crippen LogP) is 1.30. The topological polar surface area (TPSA) is 86.6 Å². The van der Waals surface area contributed by atoms with E-state index in [1.807, 2.05) is 0 Å². The van der Waals surface area contributed by atoms with Gasteiger partial charge in [-0.05, 0) is 51.4 Å². The second kappa shape index (κ2) is 7.28. The number of fused-ring (bicyclic) bond motifs is 3. The lowest BCUT2D eigenvalue weighted by atomic mass is 9.86. The highest BCUT2D eigenvalue weighted by molar-refractivity contribution is 4.96. The van der Waals surface area contributed by atoms with Gasteiger partial charge in [0.2, 0.25) is 0 Å². The Morgan fingerprint density at radius 3 is 1.77 bits per heavy atom. The van der Waals surface area contributed by atoms with E-state index >= 15 is 0 Å². The van der Waals surface area contributed by atoms with Crippen LogP contribution in [0.5, 0.6) is 0 Å². The third-order valence-electron chi connectivity index (χ3n) is 6.80. The molecular weight excluding hydrogens is 340 g/mol. The lowest BCUT2D eigenvalue weighted by molar-refractivity contribution is -0.289. The molecule has 7 heteroatoms. The molecule has 0 aromatic rings. The fraction of sp³-hybridized carbons (Fsp3) is 1.00. The van der Waals surface area contributed by atoms with Crippen molar-refractivity contribution in [2.75, 3.05) is 6.61 Å². The van der Waals surface area contributed by atoms with Crippen LogP contribution < -0.4 is 0 Å². The van der Waals surface area contributed by atoms with Gasteiger partial charge in [0.1, 0.15) is 18.3 Å². The molecule has 3 aliphatic heterocycles. The molecule has 2 aliphatic carbocycles.